The normalized spacial score (nSPS) is 20.8. The molecule has 0 aliphatic carbocycles. The number of likely N-dealkylation sites (N-methyl/N-ethyl adjacent to an activating group) is 1. The Kier molecular flexibility index (Phi) is 3.49. The molecule has 0 saturated carbocycles. The zero-order chi connectivity index (χ0) is 11.5. The highest BCUT2D eigenvalue weighted by atomic mass is 15.1. The summed E-state index contributed by atoms with van der Waals surface area (Å²) in [4.78, 5) is 2.38. The SMILES string of the molecule is CC(C)CC1CN(C)c2ccccc2CN1. The van der Waals surface area contributed by atoms with Gasteiger partial charge in [-0.15, -0.1) is 0 Å². The molecule has 1 aromatic carbocycles. The van der Waals surface area contributed by atoms with E-state index in [2.05, 4.69) is 55.4 Å². The minimum Gasteiger partial charge on any atom is -0.373 e. The summed E-state index contributed by atoms with van der Waals surface area (Å²) in [6.07, 6.45) is 1.25. The molecule has 0 saturated heterocycles. The first-order chi connectivity index (χ1) is 7.66. The number of nitrogens with zero attached hydrogens (tertiary/aromatic N) is 1. The van der Waals surface area contributed by atoms with Crippen LogP contribution in [-0.4, -0.2) is 19.6 Å². The summed E-state index contributed by atoms with van der Waals surface area (Å²) < 4.78 is 0. The average Bonchev–Trinajstić information content (AvgIpc) is 2.39. The van der Waals surface area contributed by atoms with Crippen molar-refractivity contribution in [3.63, 3.8) is 0 Å². The molecule has 1 unspecified atom stereocenters. The molecule has 1 aliphatic heterocycles. The first kappa shape index (κ1) is 11.5. The van der Waals surface area contributed by atoms with Gasteiger partial charge in [0.15, 0.2) is 0 Å². The number of anilines is 1. The topological polar surface area (TPSA) is 15.3 Å². The largest absolute Gasteiger partial charge is 0.373 e. The second-order valence-corrected chi connectivity index (χ2v) is 5.22. The minimum atomic E-state index is 0.609. The Morgan fingerprint density at radius 2 is 2.12 bits per heavy atom. The lowest BCUT2D eigenvalue weighted by atomic mass is 10.0. The quantitative estimate of drug-likeness (QED) is 0.821. The number of fused-ring (bicyclic) bond motifs is 1. The summed E-state index contributed by atoms with van der Waals surface area (Å²) in [7, 11) is 2.19. The van der Waals surface area contributed by atoms with Crippen LogP contribution < -0.4 is 10.2 Å². The molecule has 1 heterocycles. The van der Waals surface area contributed by atoms with Gasteiger partial charge in [-0.25, -0.2) is 0 Å². The van der Waals surface area contributed by atoms with Crippen LogP contribution in [0.25, 0.3) is 0 Å². The van der Waals surface area contributed by atoms with E-state index in [-0.39, 0.29) is 0 Å². The van der Waals surface area contributed by atoms with Crippen molar-refractivity contribution in [2.75, 3.05) is 18.5 Å². The molecule has 1 aromatic rings. The molecule has 0 aromatic heterocycles. The van der Waals surface area contributed by atoms with Gasteiger partial charge in [-0.2, -0.15) is 0 Å². The van der Waals surface area contributed by atoms with Crippen molar-refractivity contribution < 1.29 is 0 Å². The molecule has 2 nitrogen and oxygen atoms in total. The van der Waals surface area contributed by atoms with Gasteiger partial charge in [-0.1, -0.05) is 32.0 Å². The zero-order valence-electron chi connectivity index (χ0n) is 10.5. The van der Waals surface area contributed by atoms with Crippen LogP contribution in [0.5, 0.6) is 0 Å². The summed E-state index contributed by atoms with van der Waals surface area (Å²) in [6.45, 7) is 6.69. The van der Waals surface area contributed by atoms with Gasteiger partial charge in [0.25, 0.3) is 0 Å². The number of benzene rings is 1. The Bertz CT molecular complexity index is 346. The lowest BCUT2D eigenvalue weighted by Gasteiger charge is -2.24. The molecule has 0 bridgehead atoms. The van der Waals surface area contributed by atoms with Crippen molar-refractivity contribution in [3.8, 4) is 0 Å². The van der Waals surface area contributed by atoms with Gasteiger partial charge >= 0.3 is 0 Å². The van der Waals surface area contributed by atoms with Crippen LogP contribution in [0.3, 0.4) is 0 Å². The monoisotopic (exact) mass is 218 g/mol. The van der Waals surface area contributed by atoms with E-state index in [9.17, 15) is 0 Å². The Morgan fingerprint density at radius 1 is 1.38 bits per heavy atom. The molecular formula is C14H22N2. The standard InChI is InChI=1S/C14H22N2/c1-11(2)8-13-10-16(3)14-7-5-4-6-12(14)9-15-13/h4-7,11,13,15H,8-10H2,1-3H3. The summed E-state index contributed by atoms with van der Waals surface area (Å²) in [6, 6.07) is 9.29. The molecule has 0 fully saturated rings. The van der Waals surface area contributed by atoms with Crippen molar-refractivity contribution in [2.24, 2.45) is 5.92 Å². The van der Waals surface area contributed by atoms with E-state index in [0.29, 0.717) is 6.04 Å². The van der Waals surface area contributed by atoms with Crippen molar-refractivity contribution in [1.82, 2.24) is 5.32 Å². The van der Waals surface area contributed by atoms with Gasteiger partial charge < -0.3 is 10.2 Å². The Balaban J connectivity index is 2.13. The summed E-state index contributed by atoms with van der Waals surface area (Å²) in [5.74, 6) is 0.757. The molecule has 88 valence electrons. The maximum absolute atomic E-state index is 3.66. The van der Waals surface area contributed by atoms with Gasteiger partial charge in [-0.05, 0) is 24.0 Å². The molecule has 1 aliphatic rings. The first-order valence-corrected chi connectivity index (χ1v) is 6.19. The lowest BCUT2D eigenvalue weighted by Crippen LogP contribution is -2.37. The third-order valence-electron chi connectivity index (χ3n) is 3.23. The molecule has 0 radical (unpaired) electrons. The van der Waals surface area contributed by atoms with Crippen LogP contribution in [0.4, 0.5) is 5.69 Å². The predicted octanol–water partition coefficient (Wildman–Crippen LogP) is 2.64. The lowest BCUT2D eigenvalue weighted by molar-refractivity contribution is 0.426. The van der Waals surface area contributed by atoms with Crippen molar-refractivity contribution in [1.29, 1.82) is 0 Å². The fourth-order valence-electron chi connectivity index (χ4n) is 2.51. The van der Waals surface area contributed by atoms with Crippen LogP contribution in [0.2, 0.25) is 0 Å². The van der Waals surface area contributed by atoms with Crippen LogP contribution in [0.15, 0.2) is 24.3 Å². The van der Waals surface area contributed by atoms with Crippen molar-refractivity contribution in [2.45, 2.75) is 32.9 Å². The van der Waals surface area contributed by atoms with Gasteiger partial charge in [0, 0.05) is 31.9 Å². The Hall–Kier alpha value is -1.02. The molecule has 1 atom stereocenters. The van der Waals surface area contributed by atoms with E-state index < -0.39 is 0 Å². The minimum absolute atomic E-state index is 0.609. The van der Waals surface area contributed by atoms with E-state index in [1.54, 1.807) is 0 Å². The number of nitrogens with one attached hydrogen (secondary N) is 1. The van der Waals surface area contributed by atoms with E-state index in [1.807, 2.05) is 0 Å². The van der Waals surface area contributed by atoms with E-state index in [0.717, 1.165) is 19.0 Å². The number of hydrogen-bond acceptors (Lipinski definition) is 2. The highest BCUT2D eigenvalue weighted by molar-refractivity contribution is 5.53. The molecule has 0 spiro atoms. The van der Waals surface area contributed by atoms with Crippen LogP contribution in [-0.2, 0) is 6.54 Å². The van der Waals surface area contributed by atoms with Crippen molar-refractivity contribution in [3.05, 3.63) is 29.8 Å². The maximum atomic E-state index is 3.66. The van der Waals surface area contributed by atoms with Gasteiger partial charge in [-0.3, -0.25) is 0 Å². The smallest absolute Gasteiger partial charge is 0.0409 e. The maximum Gasteiger partial charge on any atom is 0.0409 e. The van der Waals surface area contributed by atoms with Gasteiger partial charge in [0.05, 0.1) is 0 Å². The van der Waals surface area contributed by atoms with Crippen LogP contribution in [0.1, 0.15) is 25.8 Å². The van der Waals surface area contributed by atoms with E-state index in [4.69, 9.17) is 0 Å². The van der Waals surface area contributed by atoms with Gasteiger partial charge in [0.2, 0.25) is 0 Å². The fourth-order valence-corrected chi connectivity index (χ4v) is 2.51. The Morgan fingerprint density at radius 3 is 2.88 bits per heavy atom. The van der Waals surface area contributed by atoms with E-state index in [1.165, 1.54) is 17.7 Å². The summed E-state index contributed by atoms with van der Waals surface area (Å²) in [5, 5.41) is 3.66. The fraction of sp³-hybridized carbons (Fsp3) is 0.571. The Labute approximate surface area is 98.7 Å². The van der Waals surface area contributed by atoms with Gasteiger partial charge in [0.1, 0.15) is 0 Å². The third-order valence-corrected chi connectivity index (χ3v) is 3.23. The first-order valence-electron chi connectivity index (χ1n) is 6.19. The second kappa shape index (κ2) is 4.88. The second-order valence-electron chi connectivity index (χ2n) is 5.22. The highest BCUT2D eigenvalue weighted by Crippen LogP contribution is 2.23. The summed E-state index contributed by atoms with van der Waals surface area (Å²) >= 11 is 0. The molecule has 2 heteroatoms. The van der Waals surface area contributed by atoms with Crippen molar-refractivity contribution >= 4 is 5.69 Å². The number of para-hydroxylation sites is 1. The number of hydrogen-bond donors (Lipinski definition) is 1. The molecule has 16 heavy (non-hydrogen) atoms. The van der Waals surface area contributed by atoms with Crippen LogP contribution in [0, 0.1) is 5.92 Å². The molecule has 0 amide bonds. The van der Waals surface area contributed by atoms with Crippen LogP contribution >= 0.6 is 0 Å². The number of rotatable bonds is 2. The molecule has 1 N–H and O–H groups in total. The third kappa shape index (κ3) is 2.56. The zero-order valence-corrected chi connectivity index (χ0v) is 10.5. The van der Waals surface area contributed by atoms with E-state index >= 15 is 0 Å². The highest BCUT2D eigenvalue weighted by Gasteiger charge is 2.19. The summed E-state index contributed by atoms with van der Waals surface area (Å²) in [5.41, 5.74) is 2.79. The average molecular weight is 218 g/mol. The predicted molar refractivity (Wildman–Crippen MR) is 69.8 cm³/mol. The molecular weight excluding hydrogens is 196 g/mol. The molecule has 2 rings (SSSR count).